The van der Waals surface area contributed by atoms with Gasteiger partial charge in [-0.05, 0) is 37.8 Å². The number of benzene rings is 1. The van der Waals surface area contributed by atoms with E-state index in [0.29, 0.717) is 24.7 Å². The van der Waals surface area contributed by atoms with Crippen molar-refractivity contribution in [1.82, 2.24) is 29.4 Å². The highest BCUT2D eigenvalue weighted by Gasteiger charge is 2.43. The fourth-order valence-electron chi connectivity index (χ4n) is 4.55. The molecule has 1 aromatic carbocycles. The Kier molecular flexibility index (Phi) is 3.33. The van der Waals surface area contributed by atoms with Crippen molar-refractivity contribution in [1.29, 1.82) is 0 Å². The first-order chi connectivity index (χ1) is 12.3. The SMILES string of the molecule is O=C(Cn1cnc2ccccc21)N1C2CCC1CC(n1ccnn1)C2. The standard InChI is InChI=1S/C18H20N6O/c25-18(11-22-12-19-16-3-1-2-4-17(16)22)24-13-5-6-14(24)10-15(9-13)23-8-7-20-21-23/h1-4,7-8,12-15H,5-6,9-11H2. The number of piperidine rings is 1. The van der Waals surface area contributed by atoms with Gasteiger partial charge in [0.1, 0.15) is 6.54 Å². The van der Waals surface area contributed by atoms with Crippen LogP contribution < -0.4 is 0 Å². The van der Waals surface area contributed by atoms with Gasteiger partial charge < -0.3 is 9.47 Å². The van der Waals surface area contributed by atoms with Crippen molar-refractivity contribution < 1.29 is 4.79 Å². The Hall–Kier alpha value is -2.70. The van der Waals surface area contributed by atoms with Gasteiger partial charge in [0.2, 0.25) is 5.91 Å². The quantitative estimate of drug-likeness (QED) is 0.734. The van der Waals surface area contributed by atoms with Gasteiger partial charge in [0, 0.05) is 18.3 Å². The number of nitrogens with zero attached hydrogens (tertiary/aromatic N) is 6. The normalized spacial score (nSPS) is 25.6. The molecule has 2 aliphatic rings. The van der Waals surface area contributed by atoms with Crippen LogP contribution in [0.25, 0.3) is 11.0 Å². The molecule has 7 heteroatoms. The van der Waals surface area contributed by atoms with E-state index in [2.05, 4.69) is 20.2 Å². The first-order valence-corrected chi connectivity index (χ1v) is 8.86. The summed E-state index contributed by atoms with van der Waals surface area (Å²) in [5.74, 6) is 0.202. The topological polar surface area (TPSA) is 68.8 Å². The molecular weight excluding hydrogens is 316 g/mol. The zero-order valence-electron chi connectivity index (χ0n) is 13.9. The summed E-state index contributed by atoms with van der Waals surface area (Å²) in [6.45, 7) is 0.363. The number of hydrogen-bond donors (Lipinski definition) is 0. The molecule has 2 fully saturated rings. The third-order valence-electron chi connectivity index (χ3n) is 5.64. The van der Waals surface area contributed by atoms with Crippen molar-refractivity contribution in [2.24, 2.45) is 0 Å². The molecule has 2 aromatic heterocycles. The Morgan fingerprint density at radius 3 is 2.68 bits per heavy atom. The average molecular weight is 336 g/mol. The Morgan fingerprint density at radius 2 is 1.92 bits per heavy atom. The molecule has 0 saturated carbocycles. The van der Waals surface area contributed by atoms with Gasteiger partial charge in [-0.3, -0.25) is 4.79 Å². The Bertz CT molecular complexity index is 887. The molecule has 2 unspecified atom stereocenters. The first-order valence-electron chi connectivity index (χ1n) is 8.86. The molecule has 2 bridgehead atoms. The van der Waals surface area contributed by atoms with E-state index >= 15 is 0 Å². The van der Waals surface area contributed by atoms with Gasteiger partial charge >= 0.3 is 0 Å². The van der Waals surface area contributed by atoms with Crippen molar-refractivity contribution in [2.45, 2.75) is 50.4 Å². The monoisotopic (exact) mass is 336 g/mol. The highest BCUT2D eigenvalue weighted by molar-refractivity contribution is 5.81. The van der Waals surface area contributed by atoms with Crippen molar-refractivity contribution in [2.75, 3.05) is 0 Å². The zero-order chi connectivity index (χ0) is 16.8. The fourth-order valence-corrected chi connectivity index (χ4v) is 4.55. The van der Waals surface area contributed by atoms with Crippen LogP contribution in [0.4, 0.5) is 0 Å². The molecule has 2 saturated heterocycles. The number of imidazole rings is 1. The summed E-state index contributed by atoms with van der Waals surface area (Å²) in [6, 6.07) is 8.93. The molecule has 4 heterocycles. The predicted octanol–water partition coefficient (Wildman–Crippen LogP) is 2.02. The summed E-state index contributed by atoms with van der Waals surface area (Å²) in [4.78, 5) is 19.5. The van der Waals surface area contributed by atoms with Crippen LogP contribution in [0.15, 0.2) is 43.0 Å². The van der Waals surface area contributed by atoms with Gasteiger partial charge in [0.05, 0.1) is 29.6 Å². The minimum absolute atomic E-state index is 0.202. The van der Waals surface area contributed by atoms with E-state index in [1.807, 2.05) is 39.7 Å². The van der Waals surface area contributed by atoms with Gasteiger partial charge in [-0.25, -0.2) is 9.67 Å². The minimum Gasteiger partial charge on any atom is -0.335 e. The summed E-state index contributed by atoms with van der Waals surface area (Å²) in [5.41, 5.74) is 1.95. The molecule has 0 radical (unpaired) electrons. The maximum atomic E-state index is 13.0. The molecule has 2 atom stereocenters. The second kappa shape index (κ2) is 5.68. The molecule has 0 spiro atoms. The number of carbonyl (C=O) groups excluding carboxylic acids is 1. The van der Waals surface area contributed by atoms with Crippen molar-refractivity contribution >= 4 is 16.9 Å². The minimum atomic E-state index is 0.202. The number of aromatic nitrogens is 5. The zero-order valence-corrected chi connectivity index (χ0v) is 13.9. The van der Waals surface area contributed by atoms with Crippen LogP contribution in [0.1, 0.15) is 31.7 Å². The summed E-state index contributed by atoms with van der Waals surface area (Å²) >= 11 is 0. The van der Waals surface area contributed by atoms with Crippen LogP contribution in [0.3, 0.4) is 0 Å². The van der Waals surface area contributed by atoms with E-state index in [0.717, 1.165) is 36.7 Å². The second-order valence-corrected chi connectivity index (χ2v) is 7.06. The maximum absolute atomic E-state index is 13.0. The molecule has 0 aliphatic carbocycles. The molecule has 25 heavy (non-hydrogen) atoms. The molecular formula is C18H20N6O. The number of rotatable bonds is 3. The third-order valence-corrected chi connectivity index (χ3v) is 5.64. The number of amides is 1. The summed E-state index contributed by atoms with van der Waals surface area (Å²) in [7, 11) is 0. The van der Waals surface area contributed by atoms with E-state index in [1.165, 1.54) is 0 Å². The molecule has 1 amide bonds. The highest BCUT2D eigenvalue weighted by Crippen LogP contribution is 2.40. The van der Waals surface area contributed by atoms with Crippen LogP contribution in [-0.4, -0.2) is 47.4 Å². The lowest BCUT2D eigenvalue weighted by Gasteiger charge is -2.39. The van der Waals surface area contributed by atoms with Crippen LogP contribution in [0.2, 0.25) is 0 Å². The Labute approximate surface area is 145 Å². The van der Waals surface area contributed by atoms with Gasteiger partial charge in [-0.15, -0.1) is 5.10 Å². The van der Waals surface area contributed by atoms with Gasteiger partial charge in [-0.2, -0.15) is 0 Å². The van der Waals surface area contributed by atoms with Crippen molar-refractivity contribution in [3.63, 3.8) is 0 Å². The Balaban J connectivity index is 1.35. The summed E-state index contributed by atoms with van der Waals surface area (Å²) < 4.78 is 3.91. The van der Waals surface area contributed by atoms with E-state index in [1.54, 1.807) is 12.5 Å². The number of fused-ring (bicyclic) bond motifs is 3. The Morgan fingerprint density at radius 1 is 1.12 bits per heavy atom. The lowest BCUT2D eigenvalue weighted by molar-refractivity contribution is -0.136. The largest absolute Gasteiger partial charge is 0.335 e. The maximum Gasteiger partial charge on any atom is 0.243 e. The van der Waals surface area contributed by atoms with Gasteiger partial charge in [0.25, 0.3) is 0 Å². The van der Waals surface area contributed by atoms with Crippen LogP contribution in [0.5, 0.6) is 0 Å². The van der Waals surface area contributed by atoms with Gasteiger partial charge in [0.15, 0.2) is 0 Å². The number of hydrogen-bond acceptors (Lipinski definition) is 4. The lowest BCUT2D eigenvalue weighted by atomic mass is 9.97. The molecule has 7 nitrogen and oxygen atoms in total. The third kappa shape index (κ3) is 2.42. The molecule has 3 aromatic rings. The van der Waals surface area contributed by atoms with Crippen LogP contribution in [-0.2, 0) is 11.3 Å². The summed E-state index contributed by atoms with van der Waals surface area (Å²) in [6.07, 6.45) is 9.54. The molecule has 2 aliphatic heterocycles. The van der Waals surface area contributed by atoms with Crippen LogP contribution in [0, 0.1) is 0 Å². The molecule has 128 valence electrons. The second-order valence-electron chi connectivity index (χ2n) is 7.06. The highest BCUT2D eigenvalue weighted by atomic mass is 16.2. The van der Waals surface area contributed by atoms with Gasteiger partial charge in [-0.1, -0.05) is 17.3 Å². The molecule has 5 rings (SSSR count). The summed E-state index contributed by atoms with van der Waals surface area (Å²) in [5, 5.41) is 8.08. The van der Waals surface area contributed by atoms with Crippen molar-refractivity contribution in [3.8, 4) is 0 Å². The first kappa shape index (κ1) is 14.6. The van der Waals surface area contributed by atoms with E-state index in [-0.39, 0.29) is 5.91 Å². The van der Waals surface area contributed by atoms with E-state index < -0.39 is 0 Å². The lowest BCUT2D eigenvalue weighted by Crippen LogP contribution is -2.48. The smallest absolute Gasteiger partial charge is 0.243 e. The van der Waals surface area contributed by atoms with E-state index in [4.69, 9.17) is 0 Å². The fraction of sp³-hybridized carbons (Fsp3) is 0.444. The van der Waals surface area contributed by atoms with E-state index in [9.17, 15) is 4.79 Å². The molecule has 0 N–H and O–H groups in total. The van der Waals surface area contributed by atoms with Crippen molar-refractivity contribution in [3.05, 3.63) is 43.0 Å². The number of para-hydroxylation sites is 2. The average Bonchev–Trinajstić information content (AvgIpc) is 3.34. The van der Waals surface area contributed by atoms with Crippen LogP contribution >= 0.6 is 0 Å². The predicted molar refractivity (Wildman–Crippen MR) is 91.7 cm³/mol. The number of carbonyl (C=O) groups is 1.